The molecule has 0 saturated heterocycles. The molecule has 0 amide bonds. The molecule has 7 heteroatoms. The lowest BCUT2D eigenvalue weighted by Crippen LogP contribution is -2.16. The van der Waals surface area contributed by atoms with Crippen LogP contribution in [0.25, 0.3) is 0 Å². The van der Waals surface area contributed by atoms with Crippen LogP contribution in [0, 0.1) is 0 Å². The van der Waals surface area contributed by atoms with Gasteiger partial charge in [0.15, 0.2) is 11.5 Å². The maximum Gasteiger partial charge on any atom is 0.389 e. The Balaban J connectivity index is 2.17. The Morgan fingerprint density at radius 2 is 1.80 bits per heavy atom. The molecule has 20 heavy (non-hydrogen) atoms. The molecular formula is C13H15BrF3NO2. The summed E-state index contributed by atoms with van der Waals surface area (Å²) in [6.07, 6.45) is -4.51. The van der Waals surface area contributed by atoms with Gasteiger partial charge in [0.1, 0.15) is 0 Å². The first-order valence-electron chi connectivity index (χ1n) is 6.28. The fourth-order valence-corrected chi connectivity index (χ4v) is 2.57. The number of hydrogen-bond acceptors (Lipinski definition) is 3. The molecule has 0 aliphatic carbocycles. The molecule has 1 aliphatic rings. The van der Waals surface area contributed by atoms with Crippen molar-refractivity contribution >= 4 is 15.9 Å². The van der Waals surface area contributed by atoms with E-state index in [9.17, 15) is 13.2 Å². The number of benzene rings is 1. The predicted molar refractivity (Wildman–Crippen MR) is 72.0 cm³/mol. The third-order valence-electron chi connectivity index (χ3n) is 3.01. The summed E-state index contributed by atoms with van der Waals surface area (Å²) in [4.78, 5) is 0. The van der Waals surface area contributed by atoms with Gasteiger partial charge in [-0.3, -0.25) is 0 Å². The maximum absolute atomic E-state index is 12.2. The Bertz CT molecular complexity index is 479. The van der Waals surface area contributed by atoms with Crippen molar-refractivity contribution in [2.45, 2.75) is 31.5 Å². The molecule has 0 fully saturated rings. The summed E-state index contributed by atoms with van der Waals surface area (Å²) in [5, 5.41) is 0. The molecule has 0 bridgehead atoms. The van der Waals surface area contributed by atoms with E-state index in [-0.39, 0.29) is 6.42 Å². The summed E-state index contributed by atoms with van der Waals surface area (Å²) < 4.78 is 48.4. The summed E-state index contributed by atoms with van der Waals surface area (Å²) in [6, 6.07) is 2.65. The van der Waals surface area contributed by atoms with Gasteiger partial charge in [-0.05, 0) is 24.1 Å². The second-order valence-electron chi connectivity index (χ2n) is 4.63. The van der Waals surface area contributed by atoms with Gasteiger partial charge >= 0.3 is 6.18 Å². The Morgan fingerprint density at radius 3 is 2.40 bits per heavy atom. The molecule has 112 valence electrons. The van der Waals surface area contributed by atoms with Crippen LogP contribution in [0.1, 0.15) is 30.9 Å². The summed E-state index contributed by atoms with van der Waals surface area (Å²) in [6.45, 7) is 1.07. The summed E-state index contributed by atoms with van der Waals surface area (Å²) in [7, 11) is 0. The van der Waals surface area contributed by atoms with Crippen LogP contribution in [-0.2, 0) is 0 Å². The van der Waals surface area contributed by atoms with Gasteiger partial charge < -0.3 is 15.2 Å². The van der Waals surface area contributed by atoms with Gasteiger partial charge in [0.2, 0.25) is 0 Å². The van der Waals surface area contributed by atoms with Crippen molar-refractivity contribution in [3.05, 3.63) is 22.2 Å². The van der Waals surface area contributed by atoms with Gasteiger partial charge in [0.25, 0.3) is 0 Å². The highest BCUT2D eigenvalue weighted by atomic mass is 79.9. The fraction of sp³-hybridized carbons (Fsp3) is 0.538. The average molecular weight is 354 g/mol. The van der Waals surface area contributed by atoms with Crippen LogP contribution in [0.4, 0.5) is 13.2 Å². The molecule has 2 rings (SSSR count). The molecule has 0 spiro atoms. The van der Waals surface area contributed by atoms with Crippen molar-refractivity contribution in [3.63, 3.8) is 0 Å². The molecule has 1 atom stereocenters. The van der Waals surface area contributed by atoms with Crippen molar-refractivity contribution in [2.75, 3.05) is 13.2 Å². The van der Waals surface area contributed by atoms with E-state index in [1.54, 1.807) is 12.1 Å². The van der Waals surface area contributed by atoms with E-state index >= 15 is 0 Å². The maximum atomic E-state index is 12.2. The van der Waals surface area contributed by atoms with Crippen LogP contribution in [0.3, 0.4) is 0 Å². The number of nitrogens with two attached hydrogens (primary N) is 1. The number of fused-ring (bicyclic) bond motifs is 1. The Kier molecular flexibility index (Phi) is 4.80. The number of halogens is 4. The van der Waals surface area contributed by atoms with Gasteiger partial charge in [-0.2, -0.15) is 13.2 Å². The zero-order valence-electron chi connectivity index (χ0n) is 10.7. The first kappa shape index (κ1) is 15.4. The highest BCUT2D eigenvalue weighted by molar-refractivity contribution is 9.10. The monoisotopic (exact) mass is 353 g/mol. The molecule has 1 heterocycles. The Hall–Kier alpha value is -0.950. The molecule has 0 saturated carbocycles. The normalized spacial score (nSPS) is 16.6. The zero-order valence-corrected chi connectivity index (χ0v) is 12.3. The Labute approximate surface area is 123 Å². The van der Waals surface area contributed by atoms with Crippen molar-refractivity contribution < 1.29 is 22.6 Å². The van der Waals surface area contributed by atoms with Crippen LogP contribution in [-0.4, -0.2) is 19.4 Å². The molecule has 2 N–H and O–H groups in total. The fourth-order valence-electron chi connectivity index (χ4n) is 1.96. The molecule has 1 unspecified atom stereocenters. The molecule has 0 aromatic heterocycles. The van der Waals surface area contributed by atoms with Crippen LogP contribution in [0.2, 0.25) is 0 Å². The van der Waals surface area contributed by atoms with E-state index in [2.05, 4.69) is 15.9 Å². The number of alkyl halides is 3. The van der Waals surface area contributed by atoms with Crippen LogP contribution < -0.4 is 15.2 Å². The largest absolute Gasteiger partial charge is 0.490 e. The second-order valence-corrected chi connectivity index (χ2v) is 5.49. The summed E-state index contributed by atoms with van der Waals surface area (Å²) in [5.74, 6) is 1.12. The number of rotatable bonds is 3. The first-order chi connectivity index (χ1) is 9.37. The SMILES string of the molecule is NC(CCC(F)(F)F)c1cc2c(cc1Br)OCCCO2. The highest BCUT2D eigenvalue weighted by Gasteiger charge is 2.28. The van der Waals surface area contributed by atoms with E-state index in [4.69, 9.17) is 15.2 Å². The average Bonchev–Trinajstić information content (AvgIpc) is 2.58. The van der Waals surface area contributed by atoms with Crippen molar-refractivity contribution in [1.29, 1.82) is 0 Å². The lowest BCUT2D eigenvalue weighted by atomic mass is 10.0. The highest BCUT2D eigenvalue weighted by Crippen LogP contribution is 2.38. The standard InChI is InChI=1S/C13H15BrF3NO2/c14-9-7-12-11(19-4-1-5-20-12)6-8(9)10(18)2-3-13(15,16)17/h6-7,10H,1-5,18H2. The third-order valence-corrected chi connectivity index (χ3v) is 3.69. The first-order valence-corrected chi connectivity index (χ1v) is 7.07. The number of ether oxygens (including phenoxy) is 2. The molecule has 1 aromatic rings. The van der Waals surface area contributed by atoms with Crippen LogP contribution in [0.5, 0.6) is 11.5 Å². The lowest BCUT2D eigenvalue weighted by molar-refractivity contribution is -0.136. The number of hydrogen-bond donors (Lipinski definition) is 1. The predicted octanol–water partition coefficient (Wildman–Crippen LogP) is 3.95. The van der Waals surface area contributed by atoms with Crippen LogP contribution >= 0.6 is 15.9 Å². The van der Waals surface area contributed by atoms with Gasteiger partial charge in [0, 0.05) is 23.4 Å². The minimum Gasteiger partial charge on any atom is -0.490 e. The molecule has 3 nitrogen and oxygen atoms in total. The lowest BCUT2D eigenvalue weighted by Gasteiger charge is -2.17. The third kappa shape index (κ3) is 4.02. The minimum absolute atomic E-state index is 0.165. The van der Waals surface area contributed by atoms with Gasteiger partial charge in [-0.15, -0.1) is 0 Å². The topological polar surface area (TPSA) is 44.5 Å². The summed E-state index contributed by atoms with van der Waals surface area (Å²) in [5.41, 5.74) is 6.44. The van der Waals surface area contributed by atoms with Crippen molar-refractivity contribution in [2.24, 2.45) is 5.73 Å². The van der Waals surface area contributed by atoms with E-state index in [0.29, 0.717) is 34.7 Å². The van der Waals surface area contributed by atoms with E-state index in [1.165, 1.54) is 0 Å². The summed E-state index contributed by atoms with van der Waals surface area (Å²) >= 11 is 3.33. The van der Waals surface area contributed by atoms with Gasteiger partial charge in [-0.1, -0.05) is 15.9 Å². The minimum atomic E-state index is -4.20. The van der Waals surface area contributed by atoms with Gasteiger partial charge in [-0.25, -0.2) is 0 Å². The smallest absolute Gasteiger partial charge is 0.389 e. The Morgan fingerprint density at radius 1 is 1.20 bits per heavy atom. The van der Waals surface area contributed by atoms with E-state index < -0.39 is 18.6 Å². The molecule has 0 radical (unpaired) electrons. The molecule has 1 aliphatic heterocycles. The van der Waals surface area contributed by atoms with E-state index in [1.807, 2.05) is 0 Å². The van der Waals surface area contributed by atoms with Crippen LogP contribution in [0.15, 0.2) is 16.6 Å². The van der Waals surface area contributed by atoms with Gasteiger partial charge in [0.05, 0.1) is 13.2 Å². The zero-order chi connectivity index (χ0) is 14.8. The molecular weight excluding hydrogens is 339 g/mol. The van der Waals surface area contributed by atoms with Crippen molar-refractivity contribution in [3.8, 4) is 11.5 Å². The quantitative estimate of drug-likeness (QED) is 0.894. The second kappa shape index (κ2) is 6.22. The molecule has 1 aromatic carbocycles. The van der Waals surface area contributed by atoms with E-state index in [0.717, 1.165) is 6.42 Å². The van der Waals surface area contributed by atoms with Crippen molar-refractivity contribution in [1.82, 2.24) is 0 Å².